The van der Waals surface area contributed by atoms with Gasteiger partial charge < -0.3 is 9.22 Å². The van der Waals surface area contributed by atoms with Crippen molar-refractivity contribution in [1.29, 1.82) is 0 Å². The van der Waals surface area contributed by atoms with E-state index in [0.717, 1.165) is 24.9 Å². The second kappa shape index (κ2) is 15.0. The summed E-state index contributed by atoms with van der Waals surface area (Å²) in [5.41, 5.74) is 0. The molecule has 0 atom stereocenters. The van der Waals surface area contributed by atoms with Crippen LogP contribution in [0.1, 0.15) is 97.8 Å². The fraction of sp³-hybridized carbons (Fsp3) is 1.00. The van der Waals surface area contributed by atoms with Crippen LogP contribution in [-0.4, -0.2) is 20.0 Å². The van der Waals surface area contributed by atoms with Crippen molar-refractivity contribution < 1.29 is 9.22 Å². The smallest absolute Gasteiger partial charge is 0.335 e. The zero-order valence-corrected chi connectivity index (χ0v) is 16.0. The van der Waals surface area contributed by atoms with E-state index in [9.17, 15) is 4.80 Å². The van der Waals surface area contributed by atoms with Gasteiger partial charge in [0.15, 0.2) is 0 Å². The number of rotatable bonds is 16. The van der Waals surface area contributed by atoms with Crippen LogP contribution in [0.4, 0.5) is 0 Å². The number of hydrogen-bond acceptors (Lipinski definition) is 2. The lowest BCUT2D eigenvalue weighted by Gasteiger charge is -2.24. The molecule has 0 saturated carbocycles. The maximum Gasteiger partial charge on any atom is 0.335 e. The van der Waals surface area contributed by atoms with E-state index in [4.69, 9.17) is 4.43 Å². The minimum atomic E-state index is -2.39. The van der Waals surface area contributed by atoms with Crippen LogP contribution >= 0.6 is 0 Å². The van der Waals surface area contributed by atoms with Gasteiger partial charge in [0, 0.05) is 6.61 Å². The summed E-state index contributed by atoms with van der Waals surface area (Å²) < 4.78 is 5.78. The molecule has 0 aromatic heterocycles. The monoisotopic (exact) mass is 316 g/mol. The second-order valence-corrected chi connectivity index (χ2v) is 9.60. The van der Waals surface area contributed by atoms with Crippen LogP contribution in [-0.2, 0) is 4.43 Å². The van der Waals surface area contributed by atoms with Crippen molar-refractivity contribution in [3.8, 4) is 0 Å². The third-order valence-electron chi connectivity index (χ3n) is 4.25. The van der Waals surface area contributed by atoms with E-state index in [1.165, 1.54) is 64.2 Å². The van der Waals surface area contributed by atoms with Gasteiger partial charge in [-0.25, -0.2) is 0 Å². The highest BCUT2D eigenvalue weighted by atomic mass is 28.4. The van der Waals surface area contributed by atoms with Gasteiger partial charge in [-0.2, -0.15) is 0 Å². The molecule has 3 heteroatoms. The van der Waals surface area contributed by atoms with E-state index in [1.807, 2.05) is 6.92 Å². The molecule has 0 aliphatic heterocycles. The third-order valence-corrected chi connectivity index (χ3v) is 7.35. The van der Waals surface area contributed by atoms with E-state index in [1.54, 1.807) is 0 Å². The van der Waals surface area contributed by atoms with Crippen LogP contribution in [0.2, 0.25) is 12.1 Å². The van der Waals surface area contributed by atoms with Crippen molar-refractivity contribution in [3.05, 3.63) is 0 Å². The molecule has 0 aliphatic rings. The zero-order valence-electron chi connectivity index (χ0n) is 15.0. The first-order chi connectivity index (χ1) is 10.2. The normalized spacial score (nSPS) is 12.0. The van der Waals surface area contributed by atoms with Gasteiger partial charge in [-0.05, 0) is 19.0 Å². The first-order valence-corrected chi connectivity index (χ1v) is 11.8. The van der Waals surface area contributed by atoms with Gasteiger partial charge in [0.05, 0.1) is 0 Å². The Kier molecular flexibility index (Phi) is 15.1. The average molecular weight is 317 g/mol. The first kappa shape index (κ1) is 21.1. The highest BCUT2D eigenvalue weighted by molar-refractivity contribution is 6.66. The Morgan fingerprint density at radius 1 is 0.619 bits per heavy atom. The molecular weight excluding hydrogens is 276 g/mol. The standard InChI is InChI=1S/C18H40O2Si/c1-4-7-9-11-13-15-17-21(19,20-6-3)18-16-14-12-10-8-5-2/h19H,4-18H2,1-3H3. The van der Waals surface area contributed by atoms with Crippen molar-refractivity contribution in [2.45, 2.75) is 110 Å². The van der Waals surface area contributed by atoms with Crippen LogP contribution in [0.25, 0.3) is 0 Å². The minimum absolute atomic E-state index is 0.675. The van der Waals surface area contributed by atoms with Crippen molar-refractivity contribution in [1.82, 2.24) is 0 Å². The van der Waals surface area contributed by atoms with Crippen molar-refractivity contribution in [2.24, 2.45) is 0 Å². The molecule has 0 heterocycles. The Hall–Kier alpha value is 0.137. The van der Waals surface area contributed by atoms with Gasteiger partial charge in [0.25, 0.3) is 0 Å². The van der Waals surface area contributed by atoms with Crippen LogP contribution < -0.4 is 0 Å². The summed E-state index contributed by atoms with van der Waals surface area (Å²) in [6.07, 6.45) is 15.5. The molecule has 0 saturated heterocycles. The molecule has 0 aromatic rings. The summed E-state index contributed by atoms with van der Waals surface area (Å²) in [6.45, 7) is 7.19. The SMILES string of the molecule is CCCCCCCC[Si](O)(CCCCCCCC)OCC. The van der Waals surface area contributed by atoms with Crippen molar-refractivity contribution in [3.63, 3.8) is 0 Å². The van der Waals surface area contributed by atoms with Gasteiger partial charge in [0.2, 0.25) is 0 Å². The topological polar surface area (TPSA) is 29.5 Å². The zero-order chi connectivity index (χ0) is 15.8. The fourth-order valence-corrected chi connectivity index (χ4v) is 5.58. The summed E-state index contributed by atoms with van der Waals surface area (Å²) in [6, 6.07) is 1.89. The number of hydrogen-bond donors (Lipinski definition) is 1. The second-order valence-electron chi connectivity index (χ2n) is 6.41. The molecule has 0 bridgehead atoms. The van der Waals surface area contributed by atoms with Gasteiger partial charge in [-0.15, -0.1) is 0 Å². The van der Waals surface area contributed by atoms with Crippen LogP contribution in [0.15, 0.2) is 0 Å². The molecular formula is C18H40O2Si. The molecule has 0 amide bonds. The van der Waals surface area contributed by atoms with Gasteiger partial charge in [0.1, 0.15) is 0 Å². The minimum Gasteiger partial charge on any atom is -0.411 e. The van der Waals surface area contributed by atoms with Gasteiger partial charge in [-0.3, -0.25) is 0 Å². The number of unbranched alkanes of at least 4 members (excludes halogenated alkanes) is 10. The predicted octanol–water partition coefficient (Wildman–Crippen LogP) is 6.18. The molecule has 0 rings (SSSR count). The Morgan fingerprint density at radius 2 is 1.00 bits per heavy atom. The lowest BCUT2D eigenvalue weighted by molar-refractivity contribution is 0.238. The molecule has 0 fully saturated rings. The summed E-state index contributed by atoms with van der Waals surface area (Å²) >= 11 is 0. The molecule has 0 aromatic carbocycles. The van der Waals surface area contributed by atoms with Crippen molar-refractivity contribution >= 4 is 8.56 Å². The maximum atomic E-state index is 10.7. The Morgan fingerprint density at radius 3 is 1.38 bits per heavy atom. The Balaban J connectivity index is 3.73. The molecule has 0 spiro atoms. The molecule has 0 radical (unpaired) electrons. The van der Waals surface area contributed by atoms with Crippen LogP contribution in [0.3, 0.4) is 0 Å². The molecule has 2 nitrogen and oxygen atoms in total. The van der Waals surface area contributed by atoms with E-state index in [0.29, 0.717) is 6.61 Å². The fourth-order valence-electron chi connectivity index (χ4n) is 2.90. The largest absolute Gasteiger partial charge is 0.411 e. The van der Waals surface area contributed by atoms with E-state index >= 15 is 0 Å². The molecule has 0 unspecified atom stereocenters. The van der Waals surface area contributed by atoms with Gasteiger partial charge in [-0.1, -0.05) is 90.9 Å². The average Bonchev–Trinajstić information content (AvgIpc) is 2.47. The van der Waals surface area contributed by atoms with Crippen LogP contribution in [0, 0.1) is 0 Å². The Labute approximate surface area is 134 Å². The van der Waals surface area contributed by atoms with Crippen LogP contribution in [0.5, 0.6) is 0 Å². The van der Waals surface area contributed by atoms with E-state index < -0.39 is 8.56 Å². The van der Waals surface area contributed by atoms with Crippen molar-refractivity contribution in [2.75, 3.05) is 6.61 Å². The highest BCUT2D eigenvalue weighted by Crippen LogP contribution is 2.22. The maximum absolute atomic E-state index is 10.7. The van der Waals surface area contributed by atoms with Gasteiger partial charge >= 0.3 is 8.56 Å². The van der Waals surface area contributed by atoms with E-state index in [2.05, 4.69) is 13.8 Å². The Bertz CT molecular complexity index is 193. The molecule has 1 N–H and O–H groups in total. The summed E-state index contributed by atoms with van der Waals surface area (Å²) in [5, 5.41) is 0. The lowest BCUT2D eigenvalue weighted by Crippen LogP contribution is -2.38. The predicted molar refractivity (Wildman–Crippen MR) is 96.0 cm³/mol. The first-order valence-electron chi connectivity index (χ1n) is 9.54. The molecule has 128 valence electrons. The van der Waals surface area contributed by atoms with E-state index in [-0.39, 0.29) is 0 Å². The highest BCUT2D eigenvalue weighted by Gasteiger charge is 2.31. The lowest BCUT2D eigenvalue weighted by atomic mass is 10.1. The molecule has 21 heavy (non-hydrogen) atoms. The summed E-state index contributed by atoms with van der Waals surface area (Å²) in [7, 11) is -2.39. The quantitative estimate of drug-likeness (QED) is 0.272. The summed E-state index contributed by atoms with van der Waals surface area (Å²) in [5.74, 6) is 0. The molecule has 0 aliphatic carbocycles. The summed E-state index contributed by atoms with van der Waals surface area (Å²) in [4.78, 5) is 10.7. The third kappa shape index (κ3) is 13.5.